The van der Waals surface area contributed by atoms with Crippen LogP contribution in [-0.4, -0.2) is 22.9 Å². The molecule has 0 aromatic carbocycles. The lowest BCUT2D eigenvalue weighted by Gasteiger charge is -2.48. The fraction of sp³-hybridized carbons (Fsp3) is 0.846. The Morgan fingerprint density at radius 2 is 2.27 bits per heavy atom. The van der Waals surface area contributed by atoms with Crippen LogP contribution in [0.2, 0.25) is 0 Å². The van der Waals surface area contributed by atoms with Gasteiger partial charge in [0.15, 0.2) is 0 Å². The Hall–Kier alpha value is -0.340. The van der Waals surface area contributed by atoms with Gasteiger partial charge in [-0.1, -0.05) is 18.6 Å². The van der Waals surface area contributed by atoms with Crippen molar-refractivity contribution in [3.8, 4) is 0 Å². The summed E-state index contributed by atoms with van der Waals surface area (Å²) < 4.78 is 0. The number of fused-ring (bicyclic) bond motifs is 1. The van der Waals surface area contributed by atoms with E-state index in [4.69, 9.17) is 5.11 Å². The van der Waals surface area contributed by atoms with Crippen LogP contribution in [0.15, 0.2) is 11.6 Å². The Morgan fingerprint density at radius 3 is 3.00 bits per heavy atom. The number of aliphatic hydroxyl groups is 2. The number of aliphatic hydroxyl groups excluding tert-OH is 2. The first-order valence-electron chi connectivity index (χ1n) is 6.17. The number of rotatable bonds is 2. The van der Waals surface area contributed by atoms with Gasteiger partial charge in [0.25, 0.3) is 0 Å². The highest BCUT2D eigenvalue weighted by Crippen LogP contribution is 2.51. The third kappa shape index (κ3) is 1.85. The van der Waals surface area contributed by atoms with Crippen molar-refractivity contribution in [2.45, 2.75) is 51.6 Å². The van der Waals surface area contributed by atoms with Gasteiger partial charge < -0.3 is 10.2 Å². The van der Waals surface area contributed by atoms with Gasteiger partial charge in [0.05, 0.1) is 6.10 Å². The summed E-state index contributed by atoms with van der Waals surface area (Å²) >= 11 is 0. The van der Waals surface area contributed by atoms with Crippen LogP contribution in [0.3, 0.4) is 0 Å². The average molecular weight is 210 g/mol. The van der Waals surface area contributed by atoms with Crippen molar-refractivity contribution in [1.82, 2.24) is 0 Å². The smallest absolute Gasteiger partial charge is 0.0576 e. The van der Waals surface area contributed by atoms with E-state index in [1.807, 2.05) is 0 Å². The van der Waals surface area contributed by atoms with Gasteiger partial charge in [-0.15, -0.1) is 0 Å². The lowest BCUT2D eigenvalue weighted by Crippen LogP contribution is -2.43. The molecule has 3 atom stereocenters. The van der Waals surface area contributed by atoms with Crippen molar-refractivity contribution >= 4 is 0 Å². The van der Waals surface area contributed by atoms with E-state index in [-0.39, 0.29) is 18.1 Å². The summed E-state index contributed by atoms with van der Waals surface area (Å²) in [5.74, 6) is 0.429. The molecule has 0 radical (unpaired) electrons. The maximum Gasteiger partial charge on any atom is 0.0576 e. The molecule has 2 heteroatoms. The standard InChI is InChI=1S/C13H22O2/c1-13-8-3-6-12(15)11(13)5-2-4-10(13)7-9-14/h4,11-12,14-15H,2-3,5-9H2,1H3/t11?,12-,13+/m0/s1. The quantitative estimate of drug-likeness (QED) is 0.686. The molecule has 0 aromatic heterocycles. The Kier molecular flexibility index (Phi) is 3.17. The number of hydrogen-bond acceptors (Lipinski definition) is 2. The molecule has 0 amide bonds. The monoisotopic (exact) mass is 210 g/mol. The highest BCUT2D eigenvalue weighted by molar-refractivity contribution is 5.20. The van der Waals surface area contributed by atoms with Crippen molar-refractivity contribution in [1.29, 1.82) is 0 Å². The highest BCUT2D eigenvalue weighted by atomic mass is 16.3. The zero-order valence-electron chi connectivity index (χ0n) is 9.58. The summed E-state index contributed by atoms with van der Waals surface area (Å²) in [5, 5.41) is 19.2. The molecular weight excluding hydrogens is 188 g/mol. The molecule has 86 valence electrons. The van der Waals surface area contributed by atoms with Crippen molar-refractivity contribution in [2.75, 3.05) is 6.61 Å². The summed E-state index contributed by atoms with van der Waals surface area (Å²) in [6.45, 7) is 2.52. The predicted molar refractivity (Wildman–Crippen MR) is 60.5 cm³/mol. The van der Waals surface area contributed by atoms with Gasteiger partial charge in [-0.25, -0.2) is 0 Å². The summed E-state index contributed by atoms with van der Waals surface area (Å²) in [6, 6.07) is 0. The highest BCUT2D eigenvalue weighted by Gasteiger charge is 2.44. The second-order valence-electron chi connectivity index (χ2n) is 5.26. The van der Waals surface area contributed by atoms with Crippen LogP contribution < -0.4 is 0 Å². The van der Waals surface area contributed by atoms with E-state index in [0.29, 0.717) is 5.92 Å². The first-order chi connectivity index (χ1) is 7.18. The molecule has 2 nitrogen and oxygen atoms in total. The van der Waals surface area contributed by atoms with E-state index < -0.39 is 0 Å². The predicted octanol–water partition coefficient (Wildman–Crippen LogP) is 2.26. The molecule has 0 heterocycles. The maximum absolute atomic E-state index is 10.1. The molecule has 0 aliphatic heterocycles. The third-order valence-corrected chi connectivity index (χ3v) is 4.46. The van der Waals surface area contributed by atoms with Crippen molar-refractivity contribution in [3.63, 3.8) is 0 Å². The lowest BCUT2D eigenvalue weighted by molar-refractivity contribution is -0.0109. The molecule has 2 rings (SSSR count). The van der Waals surface area contributed by atoms with Gasteiger partial charge in [-0.3, -0.25) is 0 Å². The van der Waals surface area contributed by atoms with Crippen LogP contribution in [0, 0.1) is 11.3 Å². The van der Waals surface area contributed by atoms with E-state index in [1.165, 1.54) is 12.0 Å². The fourth-order valence-electron chi connectivity index (χ4n) is 3.58. The van der Waals surface area contributed by atoms with Crippen LogP contribution in [0.1, 0.15) is 45.4 Å². The second kappa shape index (κ2) is 4.26. The average Bonchev–Trinajstić information content (AvgIpc) is 2.20. The Labute approximate surface area is 92.0 Å². The maximum atomic E-state index is 10.1. The molecule has 0 aromatic rings. The van der Waals surface area contributed by atoms with E-state index in [0.717, 1.165) is 32.1 Å². The SMILES string of the molecule is C[C@]12CCC[C@H](O)C1CCC=C2CCO. The summed E-state index contributed by atoms with van der Waals surface area (Å²) in [5.41, 5.74) is 1.55. The van der Waals surface area contributed by atoms with Gasteiger partial charge in [-0.2, -0.15) is 0 Å². The van der Waals surface area contributed by atoms with Gasteiger partial charge in [0.2, 0.25) is 0 Å². The van der Waals surface area contributed by atoms with E-state index >= 15 is 0 Å². The van der Waals surface area contributed by atoms with Crippen LogP contribution in [0.4, 0.5) is 0 Å². The molecule has 1 fully saturated rings. The minimum atomic E-state index is -0.119. The normalized spacial score (nSPS) is 40.9. The topological polar surface area (TPSA) is 40.5 Å². The lowest BCUT2D eigenvalue weighted by atomic mass is 9.58. The summed E-state index contributed by atoms with van der Waals surface area (Å²) in [7, 11) is 0. The van der Waals surface area contributed by atoms with Crippen molar-refractivity contribution in [3.05, 3.63) is 11.6 Å². The molecular formula is C13H22O2. The van der Waals surface area contributed by atoms with E-state index in [9.17, 15) is 5.11 Å². The van der Waals surface area contributed by atoms with Gasteiger partial charge in [0, 0.05) is 6.61 Å². The van der Waals surface area contributed by atoms with Gasteiger partial charge in [-0.05, 0) is 49.9 Å². The Balaban J connectivity index is 2.23. The number of hydrogen-bond donors (Lipinski definition) is 2. The summed E-state index contributed by atoms with van der Waals surface area (Å²) in [6.07, 6.45) is 8.43. The molecule has 2 N–H and O–H groups in total. The molecule has 1 saturated carbocycles. The Morgan fingerprint density at radius 1 is 1.47 bits per heavy atom. The van der Waals surface area contributed by atoms with E-state index in [2.05, 4.69) is 13.0 Å². The first-order valence-corrected chi connectivity index (χ1v) is 6.17. The van der Waals surface area contributed by atoms with Gasteiger partial charge in [0.1, 0.15) is 0 Å². The molecule has 0 saturated heterocycles. The molecule has 0 bridgehead atoms. The Bertz CT molecular complexity index is 259. The molecule has 2 aliphatic rings. The van der Waals surface area contributed by atoms with Gasteiger partial charge >= 0.3 is 0 Å². The zero-order chi connectivity index (χ0) is 10.9. The zero-order valence-corrected chi connectivity index (χ0v) is 9.58. The van der Waals surface area contributed by atoms with Crippen LogP contribution >= 0.6 is 0 Å². The minimum Gasteiger partial charge on any atom is -0.396 e. The number of allylic oxidation sites excluding steroid dienone is 1. The fourth-order valence-corrected chi connectivity index (χ4v) is 3.58. The van der Waals surface area contributed by atoms with Crippen LogP contribution in [0.5, 0.6) is 0 Å². The third-order valence-electron chi connectivity index (χ3n) is 4.46. The molecule has 2 aliphatic carbocycles. The molecule has 0 spiro atoms. The molecule has 1 unspecified atom stereocenters. The van der Waals surface area contributed by atoms with Crippen molar-refractivity contribution in [2.24, 2.45) is 11.3 Å². The summed E-state index contributed by atoms with van der Waals surface area (Å²) in [4.78, 5) is 0. The van der Waals surface area contributed by atoms with Crippen LogP contribution in [0.25, 0.3) is 0 Å². The first kappa shape index (κ1) is 11.2. The largest absolute Gasteiger partial charge is 0.396 e. The minimum absolute atomic E-state index is 0.119. The van der Waals surface area contributed by atoms with E-state index in [1.54, 1.807) is 0 Å². The van der Waals surface area contributed by atoms with Crippen molar-refractivity contribution < 1.29 is 10.2 Å². The van der Waals surface area contributed by atoms with Crippen LogP contribution in [-0.2, 0) is 0 Å². The molecule has 15 heavy (non-hydrogen) atoms. The second-order valence-corrected chi connectivity index (χ2v) is 5.26.